The van der Waals surface area contributed by atoms with Gasteiger partial charge in [0.1, 0.15) is 0 Å². The zero-order valence-electron chi connectivity index (χ0n) is 8.69. The minimum Gasteiger partial charge on any atom is -0.498 e. The van der Waals surface area contributed by atoms with E-state index in [1.165, 1.54) is 16.9 Å². The number of hydrogen-bond donors (Lipinski definition) is 2. The van der Waals surface area contributed by atoms with E-state index in [4.69, 9.17) is 20.0 Å². The zero-order chi connectivity index (χ0) is 12.3. The zero-order valence-corrected chi connectivity index (χ0v) is 8.69. The molecule has 1 aromatic carbocycles. The van der Waals surface area contributed by atoms with Gasteiger partial charge < -0.3 is 14.7 Å². The maximum absolute atomic E-state index is 8.73. The van der Waals surface area contributed by atoms with Crippen molar-refractivity contribution >= 4 is 7.32 Å². The molecule has 0 atom stereocenters. The molecule has 2 N–H and O–H groups in total. The SMILES string of the molecule is N#Cc1ccc(-n2nccc2OB(O)O)cc1. The van der Waals surface area contributed by atoms with Gasteiger partial charge in [0.05, 0.1) is 23.5 Å². The van der Waals surface area contributed by atoms with E-state index in [-0.39, 0.29) is 5.88 Å². The summed E-state index contributed by atoms with van der Waals surface area (Å²) < 4.78 is 6.13. The molecule has 0 aliphatic heterocycles. The molecule has 0 saturated heterocycles. The third-order valence-corrected chi connectivity index (χ3v) is 2.08. The van der Waals surface area contributed by atoms with E-state index in [0.717, 1.165) is 0 Å². The van der Waals surface area contributed by atoms with Crippen molar-refractivity contribution in [2.75, 3.05) is 0 Å². The molecule has 84 valence electrons. The molecule has 0 aliphatic rings. The van der Waals surface area contributed by atoms with E-state index in [9.17, 15) is 0 Å². The van der Waals surface area contributed by atoms with Crippen LogP contribution in [-0.2, 0) is 0 Å². The van der Waals surface area contributed by atoms with Gasteiger partial charge in [0.2, 0.25) is 5.88 Å². The molecule has 6 nitrogen and oxygen atoms in total. The fourth-order valence-corrected chi connectivity index (χ4v) is 1.36. The first-order valence-electron chi connectivity index (χ1n) is 4.78. The molecule has 17 heavy (non-hydrogen) atoms. The smallest absolute Gasteiger partial charge is 0.498 e. The highest BCUT2D eigenvalue weighted by Gasteiger charge is 2.15. The molecule has 0 spiro atoms. The number of nitriles is 1. The summed E-state index contributed by atoms with van der Waals surface area (Å²) in [4.78, 5) is 0. The maximum atomic E-state index is 8.73. The van der Waals surface area contributed by atoms with Crippen molar-refractivity contribution in [2.45, 2.75) is 0 Å². The van der Waals surface area contributed by atoms with E-state index >= 15 is 0 Å². The van der Waals surface area contributed by atoms with E-state index < -0.39 is 7.32 Å². The first-order valence-corrected chi connectivity index (χ1v) is 4.78. The summed E-state index contributed by atoms with van der Waals surface area (Å²) >= 11 is 0. The largest absolute Gasteiger partial charge is 0.708 e. The second kappa shape index (κ2) is 4.70. The standard InChI is InChI=1S/C10H8BN3O3/c12-7-8-1-3-9(4-2-8)14-10(5-6-13-14)17-11(15)16/h1-6,15-16H. The van der Waals surface area contributed by atoms with Crippen LogP contribution in [-0.4, -0.2) is 27.1 Å². The van der Waals surface area contributed by atoms with Crippen LogP contribution in [0.1, 0.15) is 5.56 Å². The molecule has 1 heterocycles. The predicted octanol–water partition coefficient (Wildman–Crippen LogP) is 0.0923. The molecule has 0 amide bonds. The van der Waals surface area contributed by atoms with Crippen molar-refractivity contribution in [1.82, 2.24) is 9.78 Å². The van der Waals surface area contributed by atoms with Gasteiger partial charge in [-0.3, -0.25) is 0 Å². The first kappa shape index (κ1) is 11.2. The Morgan fingerprint density at radius 2 is 1.94 bits per heavy atom. The Bertz CT molecular complexity index is 545. The molecule has 0 unspecified atom stereocenters. The quantitative estimate of drug-likeness (QED) is 0.727. The minimum absolute atomic E-state index is 0.199. The first-order chi connectivity index (χ1) is 8.20. The molecular formula is C10H8BN3O3. The molecule has 0 saturated carbocycles. The van der Waals surface area contributed by atoms with Crippen molar-refractivity contribution in [1.29, 1.82) is 5.26 Å². The van der Waals surface area contributed by atoms with E-state index in [1.54, 1.807) is 24.3 Å². The summed E-state index contributed by atoms with van der Waals surface area (Å²) in [5, 5.41) is 30.1. The van der Waals surface area contributed by atoms with Gasteiger partial charge in [-0.2, -0.15) is 10.4 Å². The Labute approximate surface area is 97.5 Å². The highest BCUT2D eigenvalue weighted by Crippen LogP contribution is 2.17. The molecule has 1 aromatic heterocycles. The van der Waals surface area contributed by atoms with Gasteiger partial charge in [0.15, 0.2) is 0 Å². The molecule has 2 aromatic rings. The lowest BCUT2D eigenvalue weighted by molar-refractivity contribution is 0.279. The van der Waals surface area contributed by atoms with Crippen LogP contribution in [0.5, 0.6) is 5.88 Å². The van der Waals surface area contributed by atoms with Gasteiger partial charge in [0, 0.05) is 6.07 Å². The van der Waals surface area contributed by atoms with Gasteiger partial charge in [0.25, 0.3) is 0 Å². The highest BCUT2D eigenvalue weighted by atomic mass is 16.6. The number of rotatable bonds is 3. The summed E-state index contributed by atoms with van der Waals surface area (Å²) in [6, 6.07) is 10.1. The third kappa shape index (κ3) is 2.45. The maximum Gasteiger partial charge on any atom is 0.708 e. The lowest BCUT2D eigenvalue weighted by atomic mass is 10.2. The van der Waals surface area contributed by atoms with Gasteiger partial charge in [-0.1, -0.05) is 0 Å². The Balaban J connectivity index is 2.33. The Morgan fingerprint density at radius 1 is 1.24 bits per heavy atom. The van der Waals surface area contributed by atoms with E-state index in [1.807, 2.05) is 6.07 Å². The molecule has 0 aliphatic carbocycles. The lowest BCUT2D eigenvalue weighted by Crippen LogP contribution is -2.22. The van der Waals surface area contributed by atoms with Crippen molar-refractivity contribution < 1.29 is 14.7 Å². The van der Waals surface area contributed by atoms with Crippen molar-refractivity contribution in [2.24, 2.45) is 0 Å². The number of aromatic nitrogens is 2. The highest BCUT2D eigenvalue weighted by molar-refractivity contribution is 6.33. The van der Waals surface area contributed by atoms with Crippen molar-refractivity contribution in [3.63, 3.8) is 0 Å². The van der Waals surface area contributed by atoms with E-state index in [2.05, 4.69) is 5.10 Å². The summed E-state index contributed by atoms with van der Waals surface area (Å²) in [6.45, 7) is 0. The molecular weight excluding hydrogens is 221 g/mol. The average molecular weight is 229 g/mol. The van der Waals surface area contributed by atoms with Gasteiger partial charge in [-0.25, -0.2) is 4.68 Å². The molecule has 7 heteroatoms. The summed E-state index contributed by atoms with van der Waals surface area (Å²) in [6.07, 6.45) is 1.47. The molecule has 2 rings (SSSR count). The molecule has 0 bridgehead atoms. The van der Waals surface area contributed by atoms with Crippen molar-refractivity contribution in [3.8, 4) is 17.6 Å². The van der Waals surface area contributed by atoms with Gasteiger partial charge in [-0.05, 0) is 24.3 Å². The van der Waals surface area contributed by atoms with Crippen LogP contribution in [0.2, 0.25) is 0 Å². The van der Waals surface area contributed by atoms with E-state index in [0.29, 0.717) is 11.3 Å². The monoisotopic (exact) mass is 229 g/mol. The third-order valence-electron chi connectivity index (χ3n) is 2.08. The minimum atomic E-state index is -1.90. The summed E-state index contributed by atoms with van der Waals surface area (Å²) in [5.41, 5.74) is 1.19. The molecule has 0 fully saturated rings. The fourth-order valence-electron chi connectivity index (χ4n) is 1.36. The van der Waals surface area contributed by atoms with Crippen LogP contribution >= 0.6 is 0 Å². The van der Waals surface area contributed by atoms with Crippen LogP contribution in [0, 0.1) is 11.3 Å². The van der Waals surface area contributed by atoms with Crippen LogP contribution < -0.4 is 4.65 Å². The number of hydrogen-bond acceptors (Lipinski definition) is 5. The van der Waals surface area contributed by atoms with Crippen LogP contribution in [0.15, 0.2) is 36.5 Å². The Kier molecular flexibility index (Phi) is 3.09. The van der Waals surface area contributed by atoms with Gasteiger partial charge in [-0.15, -0.1) is 0 Å². The molecule has 0 radical (unpaired) electrons. The van der Waals surface area contributed by atoms with Crippen LogP contribution in [0.4, 0.5) is 0 Å². The Hall–Kier alpha value is -2.30. The summed E-state index contributed by atoms with van der Waals surface area (Å²) in [7, 11) is -1.90. The van der Waals surface area contributed by atoms with Gasteiger partial charge >= 0.3 is 7.32 Å². The number of benzene rings is 1. The van der Waals surface area contributed by atoms with Crippen LogP contribution in [0.3, 0.4) is 0 Å². The normalized spacial score (nSPS) is 9.71. The predicted molar refractivity (Wildman–Crippen MR) is 59.1 cm³/mol. The average Bonchev–Trinajstić information content (AvgIpc) is 2.76. The fraction of sp³-hybridized carbons (Fsp3) is 0. The van der Waals surface area contributed by atoms with Crippen LogP contribution in [0.25, 0.3) is 5.69 Å². The topological polar surface area (TPSA) is 91.3 Å². The second-order valence-corrected chi connectivity index (χ2v) is 3.18. The number of nitrogens with zero attached hydrogens (tertiary/aromatic N) is 3. The van der Waals surface area contributed by atoms with Crippen molar-refractivity contribution in [3.05, 3.63) is 42.1 Å². The lowest BCUT2D eigenvalue weighted by Gasteiger charge is -2.08. The Morgan fingerprint density at radius 3 is 2.53 bits per heavy atom. The summed E-state index contributed by atoms with van der Waals surface area (Å²) in [5.74, 6) is 0.199. The second-order valence-electron chi connectivity index (χ2n) is 3.18.